The maximum Gasteiger partial charge on any atom is 0.0377 e. The van der Waals surface area contributed by atoms with E-state index >= 15 is 0 Å². The van der Waals surface area contributed by atoms with Gasteiger partial charge in [0.1, 0.15) is 0 Å². The lowest BCUT2D eigenvalue weighted by Gasteiger charge is -2.01. The molecule has 2 heteroatoms. The van der Waals surface area contributed by atoms with E-state index in [1.54, 1.807) is 0 Å². The Bertz CT molecular complexity index is 281. The first-order valence-electron chi connectivity index (χ1n) is 4.90. The summed E-state index contributed by atoms with van der Waals surface area (Å²) in [6.07, 6.45) is 1.10. The molecule has 0 bridgehead atoms. The molecule has 0 saturated carbocycles. The van der Waals surface area contributed by atoms with Crippen LogP contribution in [0.5, 0.6) is 0 Å². The minimum absolute atomic E-state index is 0.562. The summed E-state index contributed by atoms with van der Waals surface area (Å²) in [5.74, 6) is 0. The van der Waals surface area contributed by atoms with Crippen LogP contribution in [0, 0.1) is 0 Å². The first-order chi connectivity index (χ1) is 6.25. The zero-order chi connectivity index (χ0) is 9.84. The van der Waals surface area contributed by atoms with Crippen molar-refractivity contribution < 1.29 is 0 Å². The van der Waals surface area contributed by atoms with Gasteiger partial charge in [0.25, 0.3) is 0 Å². The van der Waals surface area contributed by atoms with E-state index in [1.165, 1.54) is 11.3 Å². The van der Waals surface area contributed by atoms with Gasteiger partial charge < -0.3 is 11.1 Å². The molecule has 0 radical (unpaired) electrons. The summed E-state index contributed by atoms with van der Waals surface area (Å²) in [5, 5.41) is 3.37. The van der Waals surface area contributed by atoms with Crippen LogP contribution in [0.25, 0.3) is 0 Å². The predicted octanol–water partition coefficient (Wildman–Crippen LogP) is 2.65. The molecule has 2 rings (SSSR count). The minimum atomic E-state index is 0.562. The number of hydrogen-bond acceptors (Lipinski definition) is 2. The van der Waals surface area contributed by atoms with Crippen LogP contribution in [0.3, 0.4) is 0 Å². The lowest BCUT2D eigenvalue weighted by atomic mass is 10.1. The first kappa shape index (κ1) is 9.90. The van der Waals surface area contributed by atoms with Crippen LogP contribution < -0.4 is 11.1 Å². The molecule has 0 amide bonds. The largest absolute Gasteiger partial charge is 0.399 e. The Labute approximate surface area is 80.1 Å². The van der Waals surface area contributed by atoms with Gasteiger partial charge in [-0.1, -0.05) is 13.8 Å². The van der Waals surface area contributed by atoms with Gasteiger partial charge in [0.2, 0.25) is 0 Å². The van der Waals surface area contributed by atoms with Gasteiger partial charge in [-0.15, -0.1) is 0 Å². The van der Waals surface area contributed by atoms with Crippen LogP contribution in [0.2, 0.25) is 0 Å². The summed E-state index contributed by atoms with van der Waals surface area (Å²) in [7, 11) is 0. The Balaban J connectivity index is 0.000000396. The SMILES string of the molecule is CC.CC1Cc2cc(N)ccc2N1. The van der Waals surface area contributed by atoms with Crippen molar-refractivity contribution in [1.82, 2.24) is 0 Å². The van der Waals surface area contributed by atoms with Crippen molar-refractivity contribution in [2.75, 3.05) is 11.1 Å². The normalized spacial score (nSPS) is 18.2. The highest BCUT2D eigenvalue weighted by Gasteiger charge is 2.15. The molecular weight excluding hydrogens is 160 g/mol. The second-order valence-electron chi connectivity index (χ2n) is 3.17. The fraction of sp³-hybridized carbons (Fsp3) is 0.455. The Morgan fingerprint density at radius 2 is 2.08 bits per heavy atom. The number of rotatable bonds is 0. The molecule has 0 aliphatic carbocycles. The summed E-state index contributed by atoms with van der Waals surface area (Å²) < 4.78 is 0. The molecular formula is C11H18N2. The number of nitrogens with one attached hydrogen (secondary N) is 1. The van der Waals surface area contributed by atoms with E-state index in [1.807, 2.05) is 32.0 Å². The summed E-state index contributed by atoms with van der Waals surface area (Å²) in [5.41, 5.74) is 9.10. The quantitative estimate of drug-likeness (QED) is 0.599. The summed E-state index contributed by atoms with van der Waals surface area (Å²) in [4.78, 5) is 0. The lowest BCUT2D eigenvalue weighted by molar-refractivity contribution is 0.839. The molecule has 1 unspecified atom stereocenters. The number of anilines is 2. The highest BCUT2D eigenvalue weighted by Crippen LogP contribution is 2.26. The maximum atomic E-state index is 5.65. The van der Waals surface area contributed by atoms with E-state index in [2.05, 4.69) is 12.2 Å². The van der Waals surface area contributed by atoms with Gasteiger partial charge >= 0.3 is 0 Å². The van der Waals surface area contributed by atoms with Crippen molar-refractivity contribution in [3.63, 3.8) is 0 Å². The van der Waals surface area contributed by atoms with E-state index in [9.17, 15) is 0 Å². The van der Waals surface area contributed by atoms with Crippen molar-refractivity contribution in [1.29, 1.82) is 0 Å². The van der Waals surface area contributed by atoms with Gasteiger partial charge in [-0.3, -0.25) is 0 Å². The fourth-order valence-electron chi connectivity index (χ4n) is 1.57. The molecule has 1 aromatic carbocycles. The minimum Gasteiger partial charge on any atom is -0.399 e. The van der Waals surface area contributed by atoms with Gasteiger partial charge in [-0.05, 0) is 37.1 Å². The smallest absolute Gasteiger partial charge is 0.0377 e. The van der Waals surface area contributed by atoms with E-state index in [0.29, 0.717) is 6.04 Å². The summed E-state index contributed by atoms with van der Waals surface area (Å²) in [6, 6.07) is 6.59. The molecule has 2 nitrogen and oxygen atoms in total. The fourth-order valence-corrected chi connectivity index (χ4v) is 1.57. The third-order valence-corrected chi connectivity index (χ3v) is 2.06. The molecule has 72 valence electrons. The second-order valence-corrected chi connectivity index (χ2v) is 3.17. The van der Waals surface area contributed by atoms with E-state index in [-0.39, 0.29) is 0 Å². The molecule has 1 aromatic rings. The van der Waals surface area contributed by atoms with Crippen molar-refractivity contribution in [2.24, 2.45) is 0 Å². The molecule has 1 heterocycles. The Kier molecular flexibility index (Phi) is 3.18. The first-order valence-corrected chi connectivity index (χ1v) is 4.90. The van der Waals surface area contributed by atoms with Crippen LogP contribution in [-0.4, -0.2) is 6.04 Å². The molecule has 0 aromatic heterocycles. The molecule has 0 saturated heterocycles. The maximum absolute atomic E-state index is 5.65. The molecule has 0 spiro atoms. The number of fused-ring (bicyclic) bond motifs is 1. The van der Waals surface area contributed by atoms with E-state index in [0.717, 1.165) is 12.1 Å². The van der Waals surface area contributed by atoms with Crippen LogP contribution in [0.4, 0.5) is 11.4 Å². The topological polar surface area (TPSA) is 38.0 Å². The number of nitrogens with two attached hydrogens (primary N) is 1. The van der Waals surface area contributed by atoms with Crippen molar-refractivity contribution >= 4 is 11.4 Å². The van der Waals surface area contributed by atoms with E-state index < -0.39 is 0 Å². The average Bonchev–Trinajstić information content (AvgIpc) is 2.48. The summed E-state index contributed by atoms with van der Waals surface area (Å²) in [6.45, 7) is 6.18. The van der Waals surface area contributed by atoms with Crippen molar-refractivity contribution in [3.05, 3.63) is 23.8 Å². The van der Waals surface area contributed by atoms with Crippen molar-refractivity contribution in [3.8, 4) is 0 Å². The molecule has 0 fully saturated rings. The molecule has 3 N–H and O–H groups in total. The summed E-state index contributed by atoms with van der Waals surface area (Å²) >= 11 is 0. The van der Waals surface area contributed by atoms with Gasteiger partial charge in [-0.25, -0.2) is 0 Å². The van der Waals surface area contributed by atoms with Gasteiger partial charge in [0.15, 0.2) is 0 Å². The van der Waals surface area contributed by atoms with Crippen molar-refractivity contribution in [2.45, 2.75) is 33.2 Å². The van der Waals surface area contributed by atoms with Crippen LogP contribution >= 0.6 is 0 Å². The Morgan fingerprint density at radius 3 is 2.77 bits per heavy atom. The highest BCUT2D eigenvalue weighted by molar-refractivity contribution is 5.61. The Morgan fingerprint density at radius 1 is 1.38 bits per heavy atom. The van der Waals surface area contributed by atoms with Crippen LogP contribution in [0.15, 0.2) is 18.2 Å². The van der Waals surface area contributed by atoms with Gasteiger partial charge in [0, 0.05) is 17.4 Å². The molecule has 13 heavy (non-hydrogen) atoms. The second kappa shape index (κ2) is 4.17. The van der Waals surface area contributed by atoms with Gasteiger partial charge in [-0.2, -0.15) is 0 Å². The number of nitrogen functional groups attached to an aromatic ring is 1. The highest BCUT2D eigenvalue weighted by atomic mass is 14.9. The van der Waals surface area contributed by atoms with Crippen LogP contribution in [0.1, 0.15) is 26.3 Å². The third kappa shape index (κ3) is 2.14. The zero-order valence-electron chi connectivity index (χ0n) is 8.59. The third-order valence-electron chi connectivity index (χ3n) is 2.06. The predicted molar refractivity (Wildman–Crippen MR) is 59.0 cm³/mol. The lowest BCUT2D eigenvalue weighted by Crippen LogP contribution is -2.08. The van der Waals surface area contributed by atoms with Gasteiger partial charge in [0.05, 0.1) is 0 Å². The zero-order valence-corrected chi connectivity index (χ0v) is 8.59. The molecule has 1 atom stereocenters. The Hall–Kier alpha value is -1.18. The molecule has 1 aliphatic heterocycles. The van der Waals surface area contributed by atoms with E-state index in [4.69, 9.17) is 5.73 Å². The van der Waals surface area contributed by atoms with Crippen LogP contribution in [-0.2, 0) is 6.42 Å². The molecule has 1 aliphatic rings. The number of hydrogen-bond donors (Lipinski definition) is 2. The average molecular weight is 178 g/mol. The standard InChI is InChI=1S/C9H12N2.C2H6/c1-6-4-7-5-8(10)2-3-9(7)11-6;1-2/h2-3,5-6,11H,4,10H2,1H3;1-2H3. The monoisotopic (exact) mass is 178 g/mol. The number of benzene rings is 1.